The van der Waals surface area contributed by atoms with Crippen LogP contribution in [0, 0.1) is 12.3 Å². The van der Waals surface area contributed by atoms with Crippen LogP contribution in [-0.4, -0.2) is 29.3 Å². The van der Waals surface area contributed by atoms with Crippen molar-refractivity contribution in [2.24, 2.45) is 5.41 Å². The summed E-state index contributed by atoms with van der Waals surface area (Å²) in [5, 5.41) is 3.59. The van der Waals surface area contributed by atoms with Gasteiger partial charge in [0, 0.05) is 25.9 Å². The number of imidazole rings is 1. The molecule has 0 spiro atoms. The maximum atomic E-state index is 5.14. The highest BCUT2D eigenvalue weighted by atomic mass is 16.5. The number of aromatic nitrogens is 2. The molecule has 1 aliphatic rings. The zero-order valence-corrected chi connectivity index (χ0v) is 12.0. The van der Waals surface area contributed by atoms with Gasteiger partial charge in [-0.1, -0.05) is 13.8 Å². The Bertz CT molecular complexity index is 398. The molecule has 1 N–H and O–H groups in total. The number of aryl methyl sites for hydroxylation is 1. The molecule has 1 saturated carbocycles. The SMILES string of the molecule is COCCn1cc(C)nc1NC1CCC(C)(C)C1. The average molecular weight is 251 g/mol. The predicted octanol–water partition coefficient (Wildman–Crippen LogP) is 2.83. The molecule has 1 aromatic rings. The van der Waals surface area contributed by atoms with Crippen molar-refractivity contribution >= 4 is 5.95 Å². The van der Waals surface area contributed by atoms with Gasteiger partial charge in [0.05, 0.1) is 12.3 Å². The summed E-state index contributed by atoms with van der Waals surface area (Å²) >= 11 is 0. The molecule has 1 atom stereocenters. The lowest BCUT2D eigenvalue weighted by Gasteiger charge is -2.18. The molecule has 1 aliphatic carbocycles. The van der Waals surface area contributed by atoms with Crippen molar-refractivity contribution < 1.29 is 4.74 Å². The molecule has 18 heavy (non-hydrogen) atoms. The van der Waals surface area contributed by atoms with Crippen LogP contribution in [0.4, 0.5) is 5.95 Å². The third-order valence-corrected chi connectivity index (χ3v) is 3.74. The Hall–Kier alpha value is -1.03. The fourth-order valence-electron chi connectivity index (χ4n) is 2.76. The highest BCUT2D eigenvalue weighted by Crippen LogP contribution is 2.38. The molecule has 0 aromatic carbocycles. The number of nitrogens with one attached hydrogen (secondary N) is 1. The molecule has 1 unspecified atom stereocenters. The fraction of sp³-hybridized carbons (Fsp3) is 0.786. The quantitative estimate of drug-likeness (QED) is 0.874. The normalized spacial score (nSPS) is 22.3. The minimum absolute atomic E-state index is 0.469. The van der Waals surface area contributed by atoms with Gasteiger partial charge in [-0.15, -0.1) is 0 Å². The Morgan fingerprint density at radius 2 is 2.33 bits per heavy atom. The molecule has 0 bridgehead atoms. The lowest BCUT2D eigenvalue weighted by atomic mass is 9.92. The van der Waals surface area contributed by atoms with Gasteiger partial charge in [-0.05, 0) is 31.6 Å². The maximum Gasteiger partial charge on any atom is 0.203 e. The van der Waals surface area contributed by atoms with Crippen molar-refractivity contribution in [3.05, 3.63) is 11.9 Å². The summed E-state index contributed by atoms with van der Waals surface area (Å²) < 4.78 is 7.29. The second-order valence-corrected chi connectivity index (χ2v) is 6.14. The molecule has 1 heterocycles. The van der Waals surface area contributed by atoms with Crippen LogP contribution in [0.25, 0.3) is 0 Å². The molecule has 2 rings (SSSR count). The number of hydrogen-bond acceptors (Lipinski definition) is 3. The standard InChI is InChI=1S/C14H25N3O/c1-11-10-17(7-8-18-4)13(15-11)16-12-5-6-14(2,3)9-12/h10,12H,5-9H2,1-4H3,(H,15,16). The molecular formula is C14H25N3O. The summed E-state index contributed by atoms with van der Waals surface area (Å²) in [6.07, 6.45) is 5.84. The van der Waals surface area contributed by atoms with E-state index in [4.69, 9.17) is 4.74 Å². The van der Waals surface area contributed by atoms with E-state index in [1.54, 1.807) is 7.11 Å². The summed E-state index contributed by atoms with van der Waals surface area (Å²) in [7, 11) is 1.73. The van der Waals surface area contributed by atoms with E-state index in [9.17, 15) is 0 Å². The topological polar surface area (TPSA) is 39.1 Å². The van der Waals surface area contributed by atoms with E-state index in [1.807, 2.05) is 6.92 Å². The van der Waals surface area contributed by atoms with Crippen LogP contribution in [0.5, 0.6) is 0 Å². The van der Waals surface area contributed by atoms with Crippen LogP contribution in [0.3, 0.4) is 0 Å². The Labute approximate surface area is 110 Å². The van der Waals surface area contributed by atoms with Crippen LogP contribution in [0.2, 0.25) is 0 Å². The van der Waals surface area contributed by atoms with Crippen LogP contribution in [-0.2, 0) is 11.3 Å². The van der Waals surface area contributed by atoms with Gasteiger partial charge in [0.2, 0.25) is 5.95 Å². The molecule has 1 aromatic heterocycles. The first-order valence-corrected chi connectivity index (χ1v) is 6.79. The van der Waals surface area contributed by atoms with E-state index in [0.29, 0.717) is 11.5 Å². The van der Waals surface area contributed by atoms with Gasteiger partial charge in [-0.3, -0.25) is 0 Å². The second kappa shape index (κ2) is 5.31. The molecule has 4 nitrogen and oxygen atoms in total. The smallest absolute Gasteiger partial charge is 0.203 e. The van der Waals surface area contributed by atoms with Gasteiger partial charge in [0.1, 0.15) is 0 Å². The Balaban J connectivity index is 2.00. The van der Waals surface area contributed by atoms with E-state index in [-0.39, 0.29) is 0 Å². The van der Waals surface area contributed by atoms with Crippen LogP contribution in [0.15, 0.2) is 6.20 Å². The molecule has 1 fully saturated rings. The number of anilines is 1. The van der Waals surface area contributed by atoms with Crippen molar-refractivity contribution in [1.82, 2.24) is 9.55 Å². The van der Waals surface area contributed by atoms with Crippen molar-refractivity contribution in [2.45, 2.75) is 52.6 Å². The maximum absolute atomic E-state index is 5.14. The van der Waals surface area contributed by atoms with Gasteiger partial charge >= 0.3 is 0 Å². The predicted molar refractivity (Wildman–Crippen MR) is 73.9 cm³/mol. The zero-order valence-electron chi connectivity index (χ0n) is 12.0. The first-order valence-electron chi connectivity index (χ1n) is 6.79. The molecule has 0 amide bonds. The minimum atomic E-state index is 0.469. The summed E-state index contributed by atoms with van der Waals surface area (Å²) in [5.41, 5.74) is 1.53. The van der Waals surface area contributed by atoms with Gasteiger partial charge in [0.15, 0.2) is 0 Å². The van der Waals surface area contributed by atoms with Crippen molar-refractivity contribution in [2.75, 3.05) is 19.0 Å². The molecular weight excluding hydrogens is 226 g/mol. The summed E-state index contributed by atoms with van der Waals surface area (Å²) in [6, 6.07) is 0.558. The Morgan fingerprint density at radius 3 is 2.94 bits per heavy atom. The Kier molecular flexibility index (Phi) is 3.95. The highest BCUT2D eigenvalue weighted by Gasteiger charge is 2.31. The molecule has 102 valence electrons. The van der Waals surface area contributed by atoms with E-state index in [0.717, 1.165) is 24.8 Å². The number of rotatable bonds is 5. The van der Waals surface area contributed by atoms with Crippen LogP contribution < -0.4 is 5.32 Å². The number of hydrogen-bond donors (Lipinski definition) is 1. The highest BCUT2D eigenvalue weighted by molar-refractivity contribution is 5.31. The van der Waals surface area contributed by atoms with Crippen LogP contribution >= 0.6 is 0 Å². The first-order chi connectivity index (χ1) is 8.50. The largest absolute Gasteiger partial charge is 0.383 e. The van der Waals surface area contributed by atoms with Gasteiger partial charge in [-0.25, -0.2) is 4.98 Å². The van der Waals surface area contributed by atoms with Gasteiger partial charge in [0.25, 0.3) is 0 Å². The zero-order chi connectivity index (χ0) is 13.2. The molecule has 0 saturated heterocycles. The lowest BCUT2D eigenvalue weighted by molar-refractivity contribution is 0.187. The third kappa shape index (κ3) is 3.25. The minimum Gasteiger partial charge on any atom is -0.383 e. The molecule has 4 heteroatoms. The van der Waals surface area contributed by atoms with E-state index in [1.165, 1.54) is 19.3 Å². The van der Waals surface area contributed by atoms with Crippen LogP contribution in [0.1, 0.15) is 38.8 Å². The molecule has 0 radical (unpaired) electrons. The van der Waals surface area contributed by atoms with Crippen molar-refractivity contribution in [3.8, 4) is 0 Å². The summed E-state index contributed by atoms with van der Waals surface area (Å²) in [5.74, 6) is 0.993. The van der Waals surface area contributed by atoms with Crippen molar-refractivity contribution in [3.63, 3.8) is 0 Å². The third-order valence-electron chi connectivity index (χ3n) is 3.74. The summed E-state index contributed by atoms with van der Waals surface area (Å²) in [4.78, 5) is 4.57. The van der Waals surface area contributed by atoms with E-state index >= 15 is 0 Å². The number of ether oxygens (including phenoxy) is 1. The average Bonchev–Trinajstić information content (AvgIpc) is 2.79. The fourth-order valence-corrected chi connectivity index (χ4v) is 2.76. The van der Waals surface area contributed by atoms with Gasteiger partial charge in [-0.2, -0.15) is 0 Å². The monoisotopic (exact) mass is 251 g/mol. The molecule has 0 aliphatic heterocycles. The second-order valence-electron chi connectivity index (χ2n) is 6.14. The lowest BCUT2D eigenvalue weighted by Crippen LogP contribution is -2.20. The van der Waals surface area contributed by atoms with Gasteiger partial charge < -0.3 is 14.6 Å². The number of nitrogens with zero attached hydrogens (tertiary/aromatic N) is 2. The first kappa shape index (κ1) is 13.4. The number of methoxy groups -OCH3 is 1. The van der Waals surface area contributed by atoms with E-state index < -0.39 is 0 Å². The van der Waals surface area contributed by atoms with E-state index in [2.05, 4.69) is 34.9 Å². The van der Waals surface area contributed by atoms with Crippen molar-refractivity contribution in [1.29, 1.82) is 0 Å². The Morgan fingerprint density at radius 1 is 1.56 bits per heavy atom. The summed E-state index contributed by atoms with van der Waals surface area (Å²) in [6.45, 7) is 8.30.